The van der Waals surface area contributed by atoms with E-state index < -0.39 is 0 Å². The van der Waals surface area contributed by atoms with Gasteiger partial charge in [0.05, 0.1) is 13.0 Å². The van der Waals surface area contributed by atoms with E-state index in [9.17, 15) is 14.8 Å². The van der Waals surface area contributed by atoms with Gasteiger partial charge in [0.25, 0.3) is 0 Å². The summed E-state index contributed by atoms with van der Waals surface area (Å²) in [6.07, 6.45) is 4.05. The Balaban J connectivity index is 2.10. The molecule has 0 aromatic heterocycles. The molecule has 2 rings (SSSR count). The Hall–Kier alpha value is -2.66. The maximum Gasteiger partial charge on any atom is 0.233 e. The van der Waals surface area contributed by atoms with Gasteiger partial charge in [-0.25, -0.2) is 5.06 Å². The van der Waals surface area contributed by atoms with Crippen molar-refractivity contribution in [1.82, 2.24) is 10.4 Å². The Morgan fingerprint density at radius 1 is 1.21 bits per heavy atom. The van der Waals surface area contributed by atoms with E-state index in [2.05, 4.69) is 5.32 Å². The molecule has 0 aliphatic rings. The lowest BCUT2D eigenvalue weighted by Crippen LogP contribution is -2.31. The van der Waals surface area contributed by atoms with E-state index in [-0.39, 0.29) is 18.9 Å². The first kappa shape index (κ1) is 17.7. The molecule has 2 aromatic rings. The molecular weight excluding hydrogens is 304 g/mol. The SMILES string of the molecule is CCC/C=C(/CN(O)C=O)NC(=O)Cc1cccc2ccccc12. The molecule has 0 radical (unpaired) electrons. The van der Waals surface area contributed by atoms with Crippen LogP contribution in [0.5, 0.6) is 0 Å². The molecule has 0 saturated carbocycles. The summed E-state index contributed by atoms with van der Waals surface area (Å²) in [5, 5.41) is 14.8. The summed E-state index contributed by atoms with van der Waals surface area (Å²) < 4.78 is 0. The number of allylic oxidation sites excluding steroid dienone is 1. The van der Waals surface area contributed by atoms with Crippen LogP contribution in [0.4, 0.5) is 0 Å². The molecule has 0 saturated heterocycles. The topological polar surface area (TPSA) is 69.6 Å². The minimum Gasteiger partial charge on any atom is -0.328 e. The first-order valence-electron chi connectivity index (χ1n) is 8.00. The Bertz CT molecular complexity index is 735. The largest absolute Gasteiger partial charge is 0.328 e. The number of amides is 2. The molecule has 5 nitrogen and oxygen atoms in total. The number of hydroxylamine groups is 2. The smallest absolute Gasteiger partial charge is 0.233 e. The van der Waals surface area contributed by atoms with E-state index in [1.54, 1.807) is 0 Å². The third-order valence-corrected chi connectivity index (χ3v) is 3.66. The highest BCUT2D eigenvalue weighted by molar-refractivity contribution is 5.90. The van der Waals surface area contributed by atoms with Crippen molar-refractivity contribution in [3.63, 3.8) is 0 Å². The standard InChI is InChI=1S/C19H22N2O3/c1-2-3-10-17(13-21(24)14-22)20-19(23)12-16-9-6-8-15-7-4-5-11-18(15)16/h4-11,14,24H,2-3,12-13H2,1H3,(H,20,23)/b17-10-. The Morgan fingerprint density at radius 2 is 1.96 bits per heavy atom. The van der Waals surface area contributed by atoms with Crippen molar-refractivity contribution < 1.29 is 14.8 Å². The molecule has 0 aliphatic carbocycles. The summed E-state index contributed by atoms with van der Waals surface area (Å²) >= 11 is 0. The number of hydrogen-bond acceptors (Lipinski definition) is 3. The molecule has 5 heteroatoms. The molecule has 0 fully saturated rings. The van der Waals surface area contributed by atoms with Gasteiger partial charge in [-0.1, -0.05) is 61.9 Å². The second-order valence-corrected chi connectivity index (χ2v) is 5.58. The first-order chi connectivity index (χ1) is 11.6. The van der Waals surface area contributed by atoms with Gasteiger partial charge in [0.2, 0.25) is 12.3 Å². The quantitative estimate of drug-likeness (QED) is 0.445. The average molecular weight is 326 g/mol. The van der Waals surface area contributed by atoms with Gasteiger partial charge < -0.3 is 5.32 Å². The lowest BCUT2D eigenvalue weighted by Gasteiger charge is -2.14. The van der Waals surface area contributed by atoms with E-state index in [4.69, 9.17) is 0 Å². The maximum absolute atomic E-state index is 12.4. The highest BCUT2D eigenvalue weighted by atomic mass is 16.5. The average Bonchev–Trinajstić information content (AvgIpc) is 2.59. The Labute approximate surface area is 141 Å². The summed E-state index contributed by atoms with van der Waals surface area (Å²) in [5.41, 5.74) is 1.47. The highest BCUT2D eigenvalue weighted by Gasteiger charge is 2.10. The van der Waals surface area contributed by atoms with Gasteiger partial charge in [-0.15, -0.1) is 0 Å². The monoisotopic (exact) mass is 326 g/mol. The van der Waals surface area contributed by atoms with Gasteiger partial charge >= 0.3 is 0 Å². The third kappa shape index (κ3) is 4.93. The Kier molecular flexibility index (Phi) is 6.51. The van der Waals surface area contributed by atoms with Crippen LogP contribution in [0, 0.1) is 0 Å². The number of nitrogens with zero attached hydrogens (tertiary/aromatic N) is 1. The van der Waals surface area contributed by atoms with Crippen molar-refractivity contribution in [2.24, 2.45) is 0 Å². The summed E-state index contributed by atoms with van der Waals surface area (Å²) in [7, 11) is 0. The van der Waals surface area contributed by atoms with Crippen LogP contribution in [0.25, 0.3) is 10.8 Å². The van der Waals surface area contributed by atoms with Gasteiger partial charge in [0.1, 0.15) is 0 Å². The molecule has 0 atom stereocenters. The molecule has 2 aromatic carbocycles. The van der Waals surface area contributed by atoms with Crippen LogP contribution in [0.3, 0.4) is 0 Å². The van der Waals surface area contributed by atoms with Crippen LogP contribution in [-0.2, 0) is 16.0 Å². The van der Waals surface area contributed by atoms with Crippen molar-refractivity contribution in [2.75, 3.05) is 6.54 Å². The zero-order valence-electron chi connectivity index (χ0n) is 13.7. The van der Waals surface area contributed by atoms with Crippen molar-refractivity contribution >= 4 is 23.1 Å². The molecule has 126 valence electrons. The molecule has 0 unspecified atom stereocenters. The zero-order chi connectivity index (χ0) is 17.4. The first-order valence-corrected chi connectivity index (χ1v) is 8.00. The zero-order valence-corrected chi connectivity index (χ0v) is 13.7. The van der Waals surface area contributed by atoms with Crippen molar-refractivity contribution in [2.45, 2.75) is 26.2 Å². The van der Waals surface area contributed by atoms with E-state index in [0.29, 0.717) is 17.2 Å². The number of fused-ring (bicyclic) bond motifs is 1. The van der Waals surface area contributed by atoms with Crippen LogP contribution in [0.1, 0.15) is 25.3 Å². The van der Waals surface area contributed by atoms with Crippen LogP contribution in [-0.4, -0.2) is 29.1 Å². The number of rotatable bonds is 8. The molecule has 0 heterocycles. The molecule has 2 N–H and O–H groups in total. The molecular formula is C19H22N2O3. The van der Waals surface area contributed by atoms with Crippen LogP contribution >= 0.6 is 0 Å². The minimum absolute atomic E-state index is 0.0369. The lowest BCUT2D eigenvalue weighted by atomic mass is 10.0. The van der Waals surface area contributed by atoms with Gasteiger partial charge in [0.15, 0.2) is 0 Å². The predicted octanol–water partition coefficient (Wildman–Crippen LogP) is 3.03. The van der Waals surface area contributed by atoms with Crippen molar-refractivity contribution in [1.29, 1.82) is 0 Å². The summed E-state index contributed by atoms with van der Waals surface area (Å²) in [5.74, 6) is -0.173. The number of benzene rings is 2. The predicted molar refractivity (Wildman–Crippen MR) is 93.3 cm³/mol. The summed E-state index contributed by atoms with van der Waals surface area (Å²) in [6, 6.07) is 13.8. The van der Waals surface area contributed by atoms with E-state index in [0.717, 1.165) is 29.2 Å². The molecule has 24 heavy (non-hydrogen) atoms. The lowest BCUT2D eigenvalue weighted by molar-refractivity contribution is -0.148. The molecule has 0 aliphatic heterocycles. The minimum atomic E-state index is -0.173. The van der Waals surface area contributed by atoms with Crippen LogP contribution in [0.15, 0.2) is 54.2 Å². The fraction of sp³-hybridized carbons (Fsp3) is 0.263. The van der Waals surface area contributed by atoms with Crippen molar-refractivity contribution in [3.05, 3.63) is 59.8 Å². The fourth-order valence-corrected chi connectivity index (χ4v) is 2.53. The number of nitrogens with one attached hydrogen (secondary N) is 1. The highest BCUT2D eigenvalue weighted by Crippen LogP contribution is 2.19. The summed E-state index contributed by atoms with van der Waals surface area (Å²) in [4.78, 5) is 22.9. The fourth-order valence-electron chi connectivity index (χ4n) is 2.53. The second kappa shape index (κ2) is 8.84. The van der Waals surface area contributed by atoms with E-state index in [1.165, 1.54) is 0 Å². The molecule has 2 amide bonds. The van der Waals surface area contributed by atoms with Crippen LogP contribution in [0.2, 0.25) is 0 Å². The van der Waals surface area contributed by atoms with E-state index >= 15 is 0 Å². The number of carbonyl (C=O) groups excluding carboxylic acids is 2. The van der Waals surface area contributed by atoms with Crippen molar-refractivity contribution in [3.8, 4) is 0 Å². The van der Waals surface area contributed by atoms with Gasteiger partial charge in [0, 0.05) is 5.70 Å². The maximum atomic E-state index is 12.4. The third-order valence-electron chi connectivity index (χ3n) is 3.66. The Morgan fingerprint density at radius 3 is 2.71 bits per heavy atom. The van der Waals surface area contributed by atoms with E-state index in [1.807, 2.05) is 55.5 Å². The van der Waals surface area contributed by atoms with Crippen LogP contribution < -0.4 is 5.32 Å². The van der Waals surface area contributed by atoms with Gasteiger partial charge in [-0.3, -0.25) is 14.8 Å². The van der Waals surface area contributed by atoms with Gasteiger partial charge in [-0.2, -0.15) is 0 Å². The normalized spacial score (nSPS) is 11.3. The molecule has 0 bridgehead atoms. The summed E-state index contributed by atoms with van der Waals surface area (Å²) in [6.45, 7) is 1.98. The van der Waals surface area contributed by atoms with Gasteiger partial charge in [-0.05, 0) is 22.8 Å². The second-order valence-electron chi connectivity index (χ2n) is 5.58. The number of unbranched alkanes of at least 4 members (excludes halogenated alkanes) is 1. The molecule has 0 spiro atoms. The number of carbonyl (C=O) groups is 2. The number of hydrogen-bond donors (Lipinski definition) is 2.